The zero-order valence-electron chi connectivity index (χ0n) is 8.69. The third kappa shape index (κ3) is 3.93. The van der Waals surface area contributed by atoms with Crippen molar-refractivity contribution in [3.05, 3.63) is 18.2 Å². The highest BCUT2D eigenvalue weighted by Gasteiger charge is 2.10. The number of H-pyrrole nitrogens is 1. The first kappa shape index (κ1) is 11.4. The van der Waals surface area contributed by atoms with Gasteiger partial charge in [-0.3, -0.25) is 4.79 Å². The number of nitrogens with zero attached hydrogens (tertiary/aromatic N) is 1. The van der Waals surface area contributed by atoms with Crippen LogP contribution in [0, 0.1) is 0 Å². The van der Waals surface area contributed by atoms with Crippen molar-refractivity contribution in [3.63, 3.8) is 0 Å². The van der Waals surface area contributed by atoms with E-state index in [9.17, 15) is 9.59 Å². The first-order valence-corrected chi connectivity index (χ1v) is 4.99. The van der Waals surface area contributed by atoms with E-state index in [1.54, 1.807) is 19.3 Å². The smallest absolute Gasteiger partial charge is 0.220 e. The van der Waals surface area contributed by atoms with Gasteiger partial charge in [-0.25, -0.2) is 4.98 Å². The molecule has 1 aromatic heterocycles. The van der Waals surface area contributed by atoms with Crippen molar-refractivity contribution >= 4 is 12.2 Å². The molecule has 15 heavy (non-hydrogen) atoms. The van der Waals surface area contributed by atoms with Gasteiger partial charge in [0.05, 0.1) is 6.04 Å². The predicted octanol–water partition coefficient (Wildman–Crippen LogP) is 0.436. The van der Waals surface area contributed by atoms with Crippen LogP contribution in [0.2, 0.25) is 0 Å². The largest absolute Gasteiger partial charge is 0.349 e. The molecule has 0 aliphatic rings. The lowest BCUT2D eigenvalue weighted by atomic mass is 10.1. The molecule has 1 atom stereocenters. The zero-order chi connectivity index (χ0) is 11.1. The summed E-state index contributed by atoms with van der Waals surface area (Å²) < 4.78 is 0. The number of amides is 1. The van der Waals surface area contributed by atoms with Crippen molar-refractivity contribution in [3.8, 4) is 0 Å². The van der Waals surface area contributed by atoms with Crippen molar-refractivity contribution in [1.82, 2.24) is 15.3 Å². The third-order valence-electron chi connectivity index (χ3n) is 2.08. The summed E-state index contributed by atoms with van der Waals surface area (Å²) in [7, 11) is 0. The Labute approximate surface area is 88.3 Å². The molecule has 1 amide bonds. The van der Waals surface area contributed by atoms with Gasteiger partial charge in [0.15, 0.2) is 0 Å². The van der Waals surface area contributed by atoms with E-state index in [0.717, 1.165) is 12.1 Å². The van der Waals surface area contributed by atoms with Gasteiger partial charge in [0.25, 0.3) is 0 Å². The van der Waals surface area contributed by atoms with Gasteiger partial charge in [-0.1, -0.05) is 6.92 Å². The lowest BCUT2D eigenvalue weighted by Gasteiger charge is -2.10. The number of hydrogen-bond donors (Lipinski definition) is 2. The molecule has 5 nitrogen and oxygen atoms in total. The number of aromatic amines is 1. The Morgan fingerprint density at radius 1 is 1.73 bits per heavy atom. The summed E-state index contributed by atoms with van der Waals surface area (Å²) in [4.78, 5) is 28.7. The molecule has 0 saturated carbocycles. The maximum absolute atomic E-state index is 11.0. The van der Waals surface area contributed by atoms with Crippen molar-refractivity contribution in [2.75, 3.05) is 0 Å². The molecular formula is C10H15N3O2. The fourth-order valence-corrected chi connectivity index (χ4v) is 1.21. The summed E-state index contributed by atoms with van der Waals surface area (Å²) in [5.74, 6) is 0.721. The van der Waals surface area contributed by atoms with Crippen LogP contribution in [-0.2, 0) is 16.0 Å². The lowest BCUT2D eigenvalue weighted by molar-refractivity contribution is -0.123. The highest BCUT2D eigenvalue weighted by molar-refractivity contribution is 5.79. The van der Waals surface area contributed by atoms with Crippen molar-refractivity contribution in [1.29, 1.82) is 0 Å². The summed E-state index contributed by atoms with van der Waals surface area (Å²) in [6.45, 7) is 1.75. The van der Waals surface area contributed by atoms with Gasteiger partial charge in [-0.2, -0.15) is 0 Å². The Hall–Kier alpha value is -1.65. The van der Waals surface area contributed by atoms with Crippen molar-refractivity contribution in [2.45, 2.75) is 32.2 Å². The van der Waals surface area contributed by atoms with E-state index in [4.69, 9.17) is 0 Å². The number of aldehydes is 1. The topological polar surface area (TPSA) is 74.8 Å². The zero-order valence-corrected chi connectivity index (χ0v) is 8.69. The molecule has 0 aliphatic heterocycles. The number of rotatable bonds is 6. The summed E-state index contributed by atoms with van der Waals surface area (Å²) in [6, 6.07) is -0.414. The van der Waals surface area contributed by atoms with Gasteiger partial charge < -0.3 is 15.1 Å². The van der Waals surface area contributed by atoms with Crippen LogP contribution in [0.4, 0.5) is 0 Å². The van der Waals surface area contributed by atoms with Crippen LogP contribution in [0.1, 0.15) is 25.6 Å². The van der Waals surface area contributed by atoms with Gasteiger partial charge in [0, 0.05) is 25.2 Å². The second-order valence-corrected chi connectivity index (χ2v) is 3.24. The first-order valence-electron chi connectivity index (χ1n) is 4.99. The van der Waals surface area contributed by atoms with Crippen LogP contribution in [0.15, 0.2) is 12.4 Å². The van der Waals surface area contributed by atoms with Crippen LogP contribution in [0.25, 0.3) is 0 Å². The number of carbonyl (C=O) groups excluding carboxylic acids is 2. The van der Waals surface area contributed by atoms with Gasteiger partial charge in [0.2, 0.25) is 5.91 Å². The van der Waals surface area contributed by atoms with Crippen molar-refractivity contribution in [2.24, 2.45) is 0 Å². The molecule has 1 rings (SSSR count). The standard InChI is InChI=1S/C10H15N3O2/c1-2-10(15)13-8(7-14)3-4-9-11-5-6-12-9/h5-8H,2-4H2,1H3,(H,11,12)(H,13,15). The van der Waals surface area contributed by atoms with Crippen LogP contribution < -0.4 is 5.32 Å². The summed E-state index contributed by atoms with van der Waals surface area (Å²) >= 11 is 0. The summed E-state index contributed by atoms with van der Waals surface area (Å²) in [5, 5.41) is 2.63. The fourth-order valence-electron chi connectivity index (χ4n) is 1.21. The maximum Gasteiger partial charge on any atom is 0.220 e. The summed E-state index contributed by atoms with van der Waals surface area (Å²) in [6.07, 6.45) is 5.77. The summed E-state index contributed by atoms with van der Waals surface area (Å²) in [5.41, 5.74) is 0. The Kier molecular flexibility index (Phi) is 4.53. The predicted molar refractivity (Wildman–Crippen MR) is 55.2 cm³/mol. The number of imidazole rings is 1. The molecule has 82 valence electrons. The van der Waals surface area contributed by atoms with Crippen LogP contribution >= 0.6 is 0 Å². The Morgan fingerprint density at radius 3 is 3.07 bits per heavy atom. The minimum absolute atomic E-state index is 0.105. The Morgan fingerprint density at radius 2 is 2.53 bits per heavy atom. The fraction of sp³-hybridized carbons (Fsp3) is 0.500. The van der Waals surface area contributed by atoms with Gasteiger partial charge in [0.1, 0.15) is 12.1 Å². The average Bonchev–Trinajstić information content (AvgIpc) is 2.76. The lowest BCUT2D eigenvalue weighted by Crippen LogP contribution is -2.35. The number of carbonyl (C=O) groups is 2. The van der Waals surface area contributed by atoms with Crippen molar-refractivity contribution < 1.29 is 9.59 Å². The van der Waals surface area contributed by atoms with Gasteiger partial charge in [-0.15, -0.1) is 0 Å². The van der Waals surface area contributed by atoms with Crippen LogP contribution in [0.3, 0.4) is 0 Å². The molecule has 0 saturated heterocycles. The van der Waals surface area contributed by atoms with Crippen LogP contribution in [-0.4, -0.2) is 28.2 Å². The highest BCUT2D eigenvalue weighted by atomic mass is 16.2. The molecule has 2 N–H and O–H groups in total. The van der Waals surface area contributed by atoms with E-state index in [1.807, 2.05) is 0 Å². The molecule has 0 bridgehead atoms. The number of nitrogens with one attached hydrogen (secondary N) is 2. The molecule has 1 unspecified atom stereocenters. The van der Waals surface area contributed by atoms with Gasteiger partial charge in [-0.05, 0) is 6.42 Å². The number of aromatic nitrogens is 2. The Bertz CT molecular complexity index is 308. The maximum atomic E-state index is 11.0. The van der Waals surface area contributed by atoms with E-state index in [2.05, 4.69) is 15.3 Å². The number of aryl methyl sites for hydroxylation is 1. The molecule has 0 aliphatic carbocycles. The first-order chi connectivity index (χ1) is 7.26. The van der Waals surface area contributed by atoms with E-state index in [1.165, 1.54) is 0 Å². The van der Waals surface area contributed by atoms with E-state index in [-0.39, 0.29) is 5.91 Å². The molecule has 1 aromatic rings. The Balaban J connectivity index is 2.34. The monoisotopic (exact) mass is 209 g/mol. The van der Waals surface area contributed by atoms with E-state index in [0.29, 0.717) is 19.3 Å². The quantitative estimate of drug-likeness (QED) is 0.667. The van der Waals surface area contributed by atoms with E-state index >= 15 is 0 Å². The van der Waals surface area contributed by atoms with Gasteiger partial charge >= 0.3 is 0 Å². The minimum atomic E-state index is -0.414. The molecule has 5 heteroatoms. The molecule has 1 heterocycles. The minimum Gasteiger partial charge on any atom is -0.349 e. The molecule has 0 radical (unpaired) electrons. The second-order valence-electron chi connectivity index (χ2n) is 3.24. The molecular weight excluding hydrogens is 194 g/mol. The van der Waals surface area contributed by atoms with E-state index < -0.39 is 6.04 Å². The average molecular weight is 209 g/mol. The second kappa shape index (κ2) is 5.95. The van der Waals surface area contributed by atoms with Crippen LogP contribution in [0.5, 0.6) is 0 Å². The molecule has 0 aromatic carbocycles. The molecule has 0 fully saturated rings. The number of hydrogen-bond acceptors (Lipinski definition) is 3. The third-order valence-corrected chi connectivity index (χ3v) is 2.08. The SMILES string of the molecule is CCC(=O)NC(C=O)CCc1ncc[nH]1. The molecule has 0 spiro atoms. The normalized spacial score (nSPS) is 12.1. The highest BCUT2D eigenvalue weighted by Crippen LogP contribution is 1.98.